The third-order valence-electron chi connectivity index (χ3n) is 3.91. The molecule has 0 unspecified atom stereocenters. The van der Waals surface area contributed by atoms with Crippen LogP contribution in [0.2, 0.25) is 0 Å². The van der Waals surface area contributed by atoms with E-state index in [0.29, 0.717) is 5.82 Å². The van der Waals surface area contributed by atoms with Crippen molar-refractivity contribution in [3.63, 3.8) is 0 Å². The maximum Gasteiger partial charge on any atom is 0.271 e. The zero-order chi connectivity index (χ0) is 15.7. The van der Waals surface area contributed by atoms with Gasteiger partial charge in [-0.2, -0.15) is 0 Å². The van der Waals surface area contributed by atoms with Gasteiger partial charge in [0.05, 0.1) is 12.4 Å². The normalized spacial score (nSPS) is 20.8. The van der Waals surface area contributed by atoms with E-state index in [1.54, 1.807) is 0 Å². The first kappa shape index (κ1) is 15.7. The Hall–Kier alpha value is -1.69. The van der Waals surface area contributed by atoms with Gasteiger partial charge in [0.25, 0.3) is 5.91 Å². The van der Waals surface area contributed by atoms with Crippen molar-refractivity contribution in [3.05, 3.63) is 18.1 Å². The highest BCUT2D eigenvalue weighted by Gasteiger charge is 2.39. The summed E-state index contributed by atoms with van der Waals surface area (Å²) in [5, 5.41) is 3.09. The fourth-order valence-electron chi connectivity index (χ4n) is 3.75. The zero-order valence-electron chi connectivity index (χ0n) is 13.2. The number of hydrogen-bond donors (Lipinski definition) is 3. The molecule has 1 fully saturated rings. The van der Waals surface area contributed by atoms with Gasteiger partial charge >= 0.3 is 0 Å². The molecule has 0 bridgehead atoms. The molecular weight excluding hydrogens is 266 g/mol. The standard InChI is InChI=1S/C15H25N5O/c1-14(2)5-10(6-15(3,4)9-14)18-13(21)11-7-17-8-12(19-11)20-16/h7-8,10H,5-6,9,16H2,1-4H3,(H,18,21)(H,19,20). The molecule has 0 aromatic carbocycles. The minimum Gasteiger partial charge on any atom is -0.348 e. The average molecular weight is 291 g/mol. The van der Waals surface area contributed by atoms with E-state index < -0.39 is 0 Å². The van der Waals surface area contributed by atoms with Crippen LogP contribution in [0.5, 0.6) is 0 Å². The van der Waals surface area contributed by atoms with E-state index in [4.69, 9.17) is 5.84 Å². The Labute approximate surface area is 125 Å². The van der Waals surface area contributed by atoms with Crippen molar-refractivity contribution in [2.45, 2.75) is 53.0 Å². The van der Waals surface area contributed by atoms with Crippen LogP contribution in [0.25, 0.3) is 0 Å². The van der Waals surface area contributed by atoms with Gasteiger partial charge in [-0.1, -0.05) is 27.7 Å². The molecule has 1 saturated carbocycles. The Morgan fingerprint density at radius 1 is 1.24 bits per heavy atom. The summed E-state index contributed by atoms with van der Waals surface area (Å²) in [6, 6.07) is 0.160. The van der Waals surface area contributed by atoms with Crippen molar-refractivity contribution in [3.8, 4) is 0 Å². The first-order valence-corrected chi connectivity index (χ1v) is 7.30. The van der Waals surface area contributed by atoms with Crippen LogP contribution in [0, 0.1) is 10.8 Å². The predicted octanol–water partition coefficient (Wildman–Crippen LogP) is 2.10. The summed E-state index contributed by atoms with van der Waals surface area (Å²) < 4.78 is 0. The monoisotopic (exact) mass is 291 g/mol. The van der Waals surface area contributed by atoms with Crippen LogP contribution in [-0.4, -0.2) is 21.9 Å². The highest BCUT2D eigenvalue weighted by atomic mass is 16.1. The van der Waals surface area contributed by atoms with E-state index >= 15 is 0 Å². The van der Waals surface area contributed by atoms with E-state index in [0.717, 1.165) is 12.8 Å². The second-order valence-electron chi connectivity index (χ2n) is 7.52. The molecule has 0 radical (unpaired) electrons. The van der Waals surface area contributed by atoms with Gasteiger partial charge in [0.1, 0.15) is 5.69 Å². The maximum absolute atomic E-state index is 12.3. The molecule has 1 heterocycles. The molecule has 21 heavy (non-hydrogen) atoms. The molecule has 0 aliphatic heterocycles. The topological polar surface area (TPSA) is 92.9 Å². The van der Waals surface area contributed by atoms with Crippen LogP contribution in [0.15, 0.2) is 12.4 Å². The summed E-state index contributed by atoms with van der Waals surface area (Å²) in [7, 11) is 0. The van der Waals surface area contributed by atoms with Crippen molar-refractivity contribution in [1.29, 1.82) is 0 Å². The van der Waals surface area contributed by atoms with Gasteiger partial charge in [0.15, 0.2) is 5.82 Å². The van der Waals surface area contributed by atoms with E-state index in [2.05, 4.69) is 48.4 Å². The molecule has 6 heteroatoms. The molecule has 1 aromatic rings. The molecule has 116 valence electrons. The maximum atomic E-state index is 12.3. The summed E-state index contributed by atoms with van der Waals surface area (Å²) in [6.45, 7) is 9.02. The molecule has 0 saturated heterocycles. The van der Waals surface area contributed by atoms with Crippen LogP contribution >= 0.6 is 0 Å². The van der Waals surface area contributed by atoms with E-state index in [-0.39, 0.29) is 28.5 Å². The van der Waals surface area contributed by atoms with Crippen molar-refractivity contribution >= 4 is 11.7 Å². The number of hydrazine groups is 1. The number of aromatic nitrogens is 2. The highest BCUT2D eigenvalue weighted by Crippen LogP contribution is 2.45. The predicted molar refractivity (Wildman–Crippen MR) is 82.5 cm³/mol. The largest absolute Gasteiger partial charge is 0.348 e. The molecular formula is C15H25N5O. The summed E-state index contributed by atoms with van der Waals surface area (Å²) >= 11 is 0. The summed E-state index contributed by atoms with van der Waals surface area (Å²) in [4.78, 5) is 20.4. The van der Waals surface area contributed by atoms with Crippen LogP contribution in [0.4, 0.5) is 5.82 Å². The second kappa shape index (κ2) is 5.60. The molecule has 1 aromatic heterocycles. The van der Waals surface area contributed by atoms with Gasteiger partial charge < -0.3 is 10.7 Å². The second-order valence-corrected chi connectivity index (χ2v) is 7.52. The minimum absolute atomic E-state index is 0.160. The smallest absolute Gasteiger partial charge is 0.271 e. The minimum atomic E-state index is -0.196. The number of rotatable bonds is 3. The van der Waals surface area contributed by atoms with E-state index in [1.165, 1.54) is 18.8 Å². The van der Waals surface area contributed by atoms with Crippen LogP contribution in [0.1, 0.15) is 57.4 Å². The van der Waals surface area contributed by atoms with Crippen molar-refractivity contribution in [2.75, 3.05) is 5.43 Å². The first-order chi connectivity index (χ1) is 9.71. The average Bonchev–Trinajstić information content (AvgIpc) is 2.35. The SMILES string of the molecule is CC1(C)CC(NC(=O)c2cncc(NN)n2)CC(C)(C)C1. The van der Waals surface area contributed by atoms with Gasteiger partial charge in [-0.3, -0.25) is 9.78 Å². The van der Waals surface area contributed by atoms with Gasteiger partial charge in [0, 0.05) is 6.04 Å². The van der Waals surface area contributed by atoms with Gasteiger partial charge in [-0.25, -0.2) is 10.8 Å². The van der Waals surface area contributed by atoms with Crippen molar-refractivity contribution in [2.24, 2.45) is 16.7 Å². The van der Waals surface area contributed by atoms with Crippen LogP contribution in [0.3, 0.4) is 0 Å². The molecule has 4 N–H and O–H groups in total. The number of nitrogens with two attached hydrogens (primary N) is 1. The van der Waals surface area contributed by atoms with Crippen LogP contribution < -0.4 is 16.6 Å². The molecule has 0 atom stereocenters. The van der Waals surface area contributed by atoms with Crippen molar-refractivity contribution < 1.29 is 4.79 Å². The van der Waals surface area contributed by atoms with Crippen LogP contribution in [-0.2, 0) is 0 Å². The first-order valence-electron chi connectivity index (χ1n) is 7.30. The molecule has 1 aliphatic rings. The third kappa shape index (κ3) is 4.14. The fourth-order valence-corrected chi connectivity index (χ4v) is 3.75. The number of carbonyl (C=O) groups is 1. The number of carbonyl (C=O) groups excluding carboxylic acids is 1. The number of hydrogen-bond acceptors (Lipinski definition) is 5. The molecule has 2 rings (SSSR count). The number of anilines is 1. The third-order valence-corrected chi connectivity index (χ3v) is 3.91. The Kier molecular flexibility index (Phi) is 4.18. The summed E-state index contributed by atoms with van der Waals surface area (Å²) in [5.41, 5.74) is 3.14. The fraction of sp³-hybridized carbons (Fsp3) is 0.667. The Balaban J connectivity index is 2.08. The summed E-state index contributed by atoms with van der Waals surface area (Å²) in [6.07, 6.45) is 6.05. The number of nitrogens with zero attached hydrogens (tertiary/aromatic N) is 2. The molecule has 6 nitrogen and oxygen atoms in total. The number of nitrogen functional groups attached to an aromatic ring is 1. The Morgan fingerprint density at radius 3 is 2.43 bits per heavy atom. The van der Waals surface area contributed by atoms with Gasteiger partial charge in [-0.15, -0.1) is 0 Å². The lowest BCUT2D eigenvalue weighted by molar-refractivity contribution is 0.0710. The van der Waals surface area contributed by atoms with E-state index in [9.17, 15) is 4.79 Å². The lowest BCUT2D eigenvalue weighted by atomic mass is 9.63. The quantitative estimate of drug-likeness (QED) is 0.586. The Morgan fingerprint density at radius 2 is 1.86 bits per heavy atom. The van der Waals surface area contributed by atoms with Gasteiger partial charge in [-0.05, 0) is 30.1 Å². The number of nitrogens with one attached hydrogen (secondary N) is 2. The lowest BCUT2D eigenvalue weighted by Crippen LogP contribution is -2.46. The van der Waals surface area contributed by atoms with Crippen molar-refractivity contribution in [1.82, 2.24) is 15.3 Å². The van der Waals surface area contributed by atoms with Gasteiger partial charge in [0.2, 0.25) is 0 Å². The molecule has 0 spiro atoms. The lowest BCUT2D eigenvalue weighted by Gasteiger charge is -2.45. The number of amides is 1. The van der Waals surface area contributed by atoms with E-state index in [1.807, 2.05) is 0 Å². The zero-order valence-corrected chi connectivity index (χ0v) is 13.2. The summed E-state index contributed by atoms with van der Waals surface area (Å²) in [5.74, 6) is 5.48. The molecule has 1 amide bonds. The molecule has 1 aliphatic carbocycles. The Bertz CT molecular complexity index is 511. The highest BCUT2D eigenvalue weighted by molar-refractivity contribution is 5.92.